The van der Waals surface area contributed by atoms with Crippen LogP contribution in [0.15, 0.2) is 279 Å². The van der Waals surface area contributed by atoms with E-state index in [0.717, 1.165) is 72.5 Å². The van der Waals surface area contributed by atoms with Crippen LogP contribution in [0.3, 0.4) is 0 Å². The lowest BCUT2D eigenvalue weighted by Gasteiger charge is -2.42. The molecule has 0 radical (unpaired) electrons. The maximum absolute atomic E-state index is 17.3. The van der Waals surface area contributed by atoms with Crippen LogP contribution < -0.4 is 9.80 Å². The van der Waals surface area contributed by atoms with E-state index in [1.807, 2.05) is 138 Å². The fourth-order valence-corrected chi connectivity index (χ4v) is 19.4. The summed E-state index contributed by atoms with van der Waals surface area (Å²) in [6.45, 7) is 8.12. The molecule has 105 heavy (non-hydrogen) atoms. The minimum Gasteiger partial charge on any atom is -0.310 e. The van der Waals surface area contributed by atoms with E-state index >= 15 is 43.9 Å². The van der Waals surface area contributed by atoms with Crippen LogP contribution in [0.1, 0.15) is 98.9 Å². The van der Waals surface area contributed by atoms with Gasteiger partial charge in [0.2, 0.25) is 11.6 Å². The van der Waals surface area contributed by atoms with Crippen molar-refractivity contribution in [2.75, 3.05) is 9.80 Å². The lowest BCUT2D eigenvalue weighted by molar-refractivity contribution is 0.352. The van der Waals surface area contributed by atoms with E-state index in [9.17, 15) is 0 Å². The number of anilines is 6. The van der Waals surface area contributed by atoms with Gasteiger partial charge < -0.3 is 9.80 Å². The third kappa shape index (κ3) is 8.80. The fraction of sp³-hybridized carbons (Fsp3) is 0.118. The average Bonchev–Trinajstić information content (AvgIpc) is 1.53. The number of fused-ring (bicyclic) bond motifs is 17. The van der Waals surface area contributed by atoms with E-state index in [-0.39, 0.29) is 24.7 Å². The van der Waals surface area contributed by atoms with E-state index in [2.05, 4.69) is 84.8 Å². The van der Waals surface area contributed by atoms with Crippen LogP contribution in [0, 0.1) is 70.0 Å². The summed E-state index contributed by atoms with van der Waals surface area (Å²) >= 11 is 0. The fourth-order valence-electron chi connectivity index (χ4n) is 19.4. The van der Waals surface area contributed by atoms with Crippen LogP contribution >= 0.6 is 0 Å². The maximum Gasteiger partial charge on any atom is 0.200 e. The van der Waals surface area contributed by atoms with Gasteiger partial charge >= 0.3 is 0 Å². The molecule has 0 heterocycles. The van der Waals surface area contributed by atoms with Gasteiger partial charge in [0, 0.05) is 51.2 Å². The monoisotopic (exact) mass is 1390 g/mol. The predicted octanol–water partition coefficient (Wildman–Crippen LogP) is 24.9. The first-order valence-corrected chi connectivity index (χ1v) is 35.2. The van der Waals surface area contributed by atoms with Gasteiger partial charge in [0.15, 0.2) is 46.5 Å². The van der Waals surface area contributed by atoms with E-state index in [1.165, 1.54) is 0 Å². The minimum absolute atomic E-state index is 0.00667. The van der Waals surface area contributed by atoms with Gasteiger partial charge in [-0.2, -0.15) is 0 Å². The van der Waals surface area contributed by atoms with Gasteiger partial charge in [0.05, 0.1) is 16.2 Å². The average molecular weight is 1400 g/mol. The first kappa shape index (κ1) is 64.1. The Morgan fingerprint density at radius 2 is 0.819 bits per heavy atom. The van der Waals surface area contributed by atoms with Crippen LogP contribution in [0.4, 0.5) is 78.0 Å². The van der Waals surface area contributed by atoms with Crippen molar-refractivity contribution >= 4 is 45.8 Å². The molecule has 0 aromatic heterocycles. The summed E-state index contributed by atoms with van der Waals surface area (Å²) in [5, 5.41) is 0. The standard InChI is InChI=1S/C93H60F10N2/c1-3-51-30-32-52(33-31-51)49-91(79-81(94)85(98)89(102)86(99)82(79)95)70-26-14-11-22-61(70)64-40-36-57(45-74(64)91)104(55-18-7-5-8-19-55)59-37-41-65-62-23-12-15-27-71(62)93(76(65)47-59)72-28-16-13-24-63(72)66-42-38-60(48-77(66)93)105(56-20-9-6-10-21-56)58-39-43-68-75(46-58)92(80-83(96)87(100)90(103)88(101)84(80)97)50-53-34-35-54(4-2)69(44-53)67-25-17-29-73(92)78(67)68/h3-16,18-28,30-33,36-48,54,69H,1-2,17,29,34-35,49-50H2/t54?,69-,91?,92?,93?/m1/s1. The van der Waals surface area contributed by atoms with Crippen LogP contribution in [-0.4, -0.2) is 0 Å². The zero-order valence-corrected chi connectivity index (χ0v) is 56.2. The molecule has 7 aliphatic rings. The van der Waals surface area contributed by atoms with Gasteiger partial charge in [-0.15, -0.1) is 6.58 Å². The summed E-state index contributed by atoms with van der Waals surface area (Å²) in [6, 6.07) is 74.2. The third-order valence-corrected chi connectivity index (χ3v) is 23.6. The van der Waals surface area contributed by atoms with Gasteiger partial charge in [-0.3, -0.25) is 0 Å². The second-order valence-corrected chi connectivity index (χ2v) is 28.5. The second-order valence-electron chi connectivity index (χ2n) is 28.5. The molecule has 12 aromatic carbocycles. The Morgan fingerprint density at radius 1 is 0.390 bits per heavy atom. The van der Waals surface area contributed by atoms with Crippen molar-refractivity contribution in [2.24, 2.45) is 11.8 Å². The van der Waals surface area contributed by atoms with Crippen molar-refractivity contribution in [3.8, 4) is 33.4 Å². The molecule has 5 atom stereocenters. The summed E-state index contributed by atoms with van der Waals surface area (Å²) in [4.78, 5) is 4.13. The molecular formula is C93H60F10N2. The van der Waals surface area contributed by atoms with E-state index < -0.39 is 85.5 Å². The summed E-state index contributed by atoms with van der Waals surface area (Å²) in [7, 11) is 0. The highest BCUT2D eigenvalue weighted by Crippen LogP contribution is 2.67. The number of rotatable bonds is 12. The highest BCUT2D eigenvalue weighted by atomic mass is 19.2. The van der Waals surface area contributed by atoms with Gasteiger partial charge in [-0.05, 0) is 223 Å². The first-order chi connectivity index (χ1) is 51.1. The van der Waals surface area contributed by atoms with Gasteiger partial charge in [0.1, 0.15) is 0 Å². The third-order valence-electron chi connectivity index (χ3n) is 23.6. The molecule has 6 bridgehead atoms. The number of halogens is 10. The SMILES string of the molecule is C=Cc1ccc(CC2(c3c(F)c(F)c(F)c(F)c3F)c3ccccc3-c3ccc(N(c4ccccc4)c4ccc5c(c4)C4(c6ccccc6-c6ccc(N(c7ccccc7)c7ccc8c(c7)C7(c9c(F)c(F)c(F)c(F)c9F)CC9=C[C@@H](C%10=CCCC7=C%108)C(C=C)CC9)cc64)c4ccccc4-5)cc32)cc1. The molecular weight excluding hydrogens is 1340 g/mol. The summed E-state index contributed by atoms with van der Waals surface area (Å²) in [6.07, 6.45) is 9.77. The van der Waals surface area contributed by atoms with E-state index in [4.69, 9.17) is 0 Å². The van der Waals surface area contributed by atoms with E-state index in [0.29, 0.717) is 98.6 Å². The Kier molecular flexibility index (Phi) is 14.4. The van der Waals surface area contributed by atoms with Crippen molar-refractivity contribution in [1.82, 2.24) is 0 Å². The molecule has 19 rings (SSSR count). The van der Waals surface area contributed by atoms with Crippen LogP contribution in [0.2, 0.25) is 0 Å². The van der Waals surface area contributed by atoms with Crippen molar-refractivity contribution in [3.05, 3.63) is 404 Å². The van der Waals surface area contributed by atoms with Gasteiger partial charge in [-0.25, -0.2) is 43.9 Å². The molecule has 0 saturated heterocycles. The van der Waals surface area contributed by atoms with E-state index in [1.54, 1.807) is 54.6 Å². The Hall–Kier alpha value is -11.8. The summed E-state index contributed by atoms with van der Waals surface area (Å²) in [5.41, 5.74) is 12.3. The Balaban J connectivity index is 0.820. The summed E-state index contributed by atoms with van der Waals surface area (Å²) < 4.78 is 164. The molecule has 1 spiro atoms. The molecule has 0 aliphatic heterocycles. The predicted molar refractivity (Wildman–Crippen MR) is 394 cm³/mol. The Morgan fingerprint density at radius 3 is 1.33 bits per heavy atom. The molecule has 12 heteroatoms. The molecule has 4 unspecified atom stereocenters. The van der Waals surface area contributed by atoms with Crippen LogP contribution in [0.25, 0.3) is 45.0 Å². The lowest BCUT2D eigenvalue weighted by atomic mass is 9.61. The first-order valence-electron chi connectivity index (χ1n) is 35.2. The number of benzene rings is 12. The molecule has 2 nitrogen and oxygen atoms in total. The lowest BCUT2D eigenvalue weighted by Crippen LogP contribution is -2.35. The van der Waals surface area contributed by atoms with Crippen molar-refractivity contribution in [1.29, 1.82) is 0 Å². The normalized spacial score (nSPS) is 20.0. The summed E-state index contributed by atoms with van der Waals surface area (Å²) in [5.74, 6) is -20.2. The van der Waals surface area contributed by atoms with Gasteiger partial charge in [-0.1, -0.05) is 194 Å². The van der Waals surface area contributed by atoms with Crippen molar-refractivity contribution in [2.45, 2.75) is 54.8 Å². The quantitative estimate of drug-likeness (QED) is 0.0521. The maximum atomic E-state index is 17.3. The van der Waals surface area contributed by atoms with Crippen LogP contribution in [0.5, 0.6) is 0 Å². The number of hydrogen-bond donors (Lipinski definition) is 0. The van der Waals surface area contributed by atoms with Gasteiger partial charge in [0.25, 0.3) is 0 Å². The second kappa shape index (κ2) is 23.6. The van der Waals surface area contributed by atoms with Crippen molar-refractivity contribution < 1.29 is 43.9 Å². The minimum atomic E-state index is -2.26. The molecule has 0 saturated carbocycles. The Bertz CT molecular complexity index is 5820. The molecule has 7 aliphatic carbocycles. The van der Waals surface area contributed by atoms with Crippen molar-refractivity contribution in [3.63, 3.8) is 0 Å². The molecule has 0 amide bonds. The Labute approximate surface area is 599 Å². The molecule has 512 valence electrons. The number of para-hydroxylation sites is 2. The zero-order valence-electron chi connectivity index (χ0n) is 56.2. The zero-order chi connectivity index (χ0) is 71.7. The largest absolute Gasteiger partial charge is 0.310 e. The molecule has 12 aromatic rings. The highest BCUT2D eigenvalue weighted by molar-refractivity contribution is 5.99. The topological polar surface area (TPSA) is 6.48 Å². The number of hydrogen-bond acceptors (Lipinski definition) is 2. The smallest absolute Gasteiger partial charge is 0.200 e. The highest BCUT2D eigenvalue weighted by Gasteiger charge is 2.57. The van der Waals surface area contributed by atoms with Crippen LogP contribution in [-0.2, 0) is 22.7 Å². The molecule has 0 N–H and O–H groups in total. The molecule has 0 fully saturated rings. The number of allylic oxidation sites excluding steroid dienone is 7. The number of nitrogens with zero attached hydrogens (tertiary/aromatic N) is 2.